The van der Waals surface area contributed by atoms with Gasteiger partial charge < -0.3 is 9.47 Å². The molecule has 0 aliphatic heterocycles. The number of unbranched alkanes of at least 4 members (excludes halogenated alkanes) is 1. The first-order valence-electron chi connectivity index (χ1n) is 11.0. The molecular weight excluding hydrogens is 416 g/mol. The molecule has 6 nitrogen and oxygen atoms in total. The van der Waals surface area contributed by atoms with Gasteiger partial charge in [-0.05, 0) is 79.4 Å². The van der Waals surface area contributed by atoms with E-state index in [9.17, 15) is 9.59 Å². The lowest BCUT2D eigenvalue weighted by atomic mass is 10.1. The molecule has 0 heterocycles. The maximum absolute atomic E-state index is 12.2. The topological polar surface area (TPSA) is 77.0 Å². The van der Waals surface area contributed by atoms with Gasteiger partial charge in [0.15, 0.2) is 6.61 Å². The van der Waals surface area contributed by atoms with Crippen molar-refractivity contribution in [2.45, 2.75) is 33.1 Å². The van der Waals surface area contributed by atoms with Gasteiger partial charge in [0, 0.05) is 0 Å². The molecule has 6 heteroatoms. The molecule has 0 atom stereocenters. The number of carbonyl (C=O) groups is 2. The minimum absolute atomic E-state index is 0.125. The largest absolute Gasteiger partial charge is 0.484 e. The van der Waals surface area contributed by atoms with E-state index >= 15 is 0 Å². The summed E-state index contributed by atoms with van der Waals surface area (Å²) in [4.78, 5) is 24.1. The third-order valence-electron chi connectivity index (χ3n) is 4.89. The second kappa shape index (κ2) is 12.2. The van der Waals surface area contributed by atoms with Crippen LogP contribution in [0.1, 0.15) is 46.8 Å². The second-order valence-corrected chi connectivity index (χ2v) is 7.65. The third kappa shape index (κ3) is 7.92. The van der Waals surface area contributed by atoms with E-state index in [2.05, 4.69) is 17.5 Å². The van der Waals surface area contributed by atoms with Gasteiger partial charge in [-0.3, -0.25) is 4.79 Å². The molecule has 0 saturated carbocycles. The molecule has 0 fully saturated rings. The number of benzene rings is 3. The predicted molar refractivity (Wildman–Crippen MR) is 129 cm³/mol. The van der Waals surface area contributed by atoms with Crippen molar-refractivity contribution >= 4 is 18.1 Å². The molecule has 0 aliphatic rings. The van der Waals surface area contributed by atoms with Gasteiger partial charge in [0.25, 0.3) is 5.91 Å². The van der Waals surface area contributed by atoms with Crippen LogP contribution in [0.5, 0.6) is 11.5 Å². The Kier molecular flexibility index (Phi) is 8.77. The average Bonchev–Trinajstić information content (AvgIpc) is 2.83. The number of nitrogens with zero attached hydrogens (tertiary/aromatic N) is 1. The predicted octanol–water partition coefficient (Wildman–Crippen LogP) is 5.09. The molecule has 0 unspecified atom stereocenters. The summed E-state index contributed by atoms with van der Waals surface area (Å²) in [6.45, 7) is 4.00. The van der Waals surface area contributed by atoms with E-state index in [1.165, 1.54) is 11.8 Å². The Morgan fingerprint density at radius 3 is 2.24 bits per heavy atom. The molecule has 0 saturated heterocycles. The maximum atomic E-state index is 12.2. The SMILES string of the molecule is CCCCc1ccc(OCC(=O)NN=Cc2ccc(OC(=O)c3ccc(C)cc3)cc2)cc1. The van der Waals surface area contributed by atoms with E-state index in [0.29, 0.717) is 17.1 Å². The number of hydrogen-bond donors (Lipinski definition) is 1. The number of esters is 1. The van der Waals surface area contributed by atoms with Crippen LogP contribution in [-0.4, -0.2) is 24.7 Å². The fourth-order valence-electron chi connectivity index (χ4n) is 2.97. The van der Waals surface area contributed by atoms with Crippen molar-refractivity contribution in [1.82, 2.24) is 5.43 Å². The van der Waals surface area contributed by atoms with E-state index in [4.69, 9.17) is 9.47 Å². The number of aryl methyl sites for hydroxylation is 2. The zero-order chi connectivity index (χ0) is 23.5. The average molecular weight is 445 g/mol. The van der Waals surface area contributed by atoms with Gasteiger partial charge in [-0.1, -0.05) is 43.2 Å². The fraction of sp³-hybridized carbons (Fsp3) is 0.222. The molecule has 3 rings (SSSR count). The van der Waals surface area contributed by atoms with E-state index in [1.807, 2.05) is 43.3 Å². The Morgan fingerprint density at radius 2 is 1.58 bits per heavy atom. The molecule has 0 bridgehead atoms. The lowest BCUT2D eigenvalue weighted by molar-refractivity contribution is -0.123. The summed E-state index contributed by atoms with van der Waals surface area (Å²) in [5, 5.41) is 3.94. The summed E-state index contributed by atoms with van der Waals surface area (Å²) in [5.41, 5.74) is 6.00. The zero-order valence-electron chi connectivity index (χ0n) is 18.9. The Balaban J connectivity index is 1.41. The summed E-state index contributed by atoms with van der Waals surface area (Å²) < 4.78 is 10.9. The van der Waals surface area contributed by atoms with Crippen molar-refractivity contribution in [3.05, 3.63) is 95.1 Å². The second-order valence-electron chi connectivity index (χ2n) is 7.65. The number of rotatable bonds is 10. The molecule has 1 amide bonds. The van der Waals surface area contributed by atoms with Crippen molar-refractivity contribution in [1.29, 1.82) is 0 Å². The van der Waals surface area contributed by atoms with E-state index in [0.717, 1.165) is 30.4 Å². The van der Waals surface area contributed by atoms with Crippen LogP contribution in [0.2, 0.25) is 0 Å². The van der Waals surface area contributed by atoms with Crippen LogP contribution in [0.3, 0.4) is 0 Å². The summed E-state index contributed by atoms with van der Waals surface area (Å²) in [6.07, 6.45) is 4.86. The zero-order valence-corrected chi connectivity index (χ0v) is 18.9. The van der Waals surface area contributed by atoms with Gasteiger partial charge in [-0.15, -0.1) is 0 Å². The van der Waals surface area contributed by atoms with Gasteiger partial charge in [-0.2, -0.15) is 5.10 Å². The Labute approximate surface area is 194 Å². The van der Waals surface area contributed by atoms with Crippen molar-refractivity contribution in [3.8, 4) is 11.5 Å². The molecule has 3 aromatic carbocycles. The van der Waals surface area contributed by atoms with E-state index in [1.54, 1.807) is 36.4 Å². The van der Waals surface area contributed by atoms with Crippen LogP contribution in [0.25, 0.3) is 0 Å². The van der Waals surface area contributed by atoms with Crippen LogP contribution in [0.4, 0.5) is 0 Å². The normalized spacial score (nSPS) is 10.7. The van der Waals surface area contributed by atoms with Crippen molar-refractivity contribution < 1.29 is 19.1 Å². The quantitative estimate of drug-likeness (QED) is 0.205. The third-order valence-corrected chi connectivity index (χ3v) is 4.89. The van der Waals surface area contributed by atoms with Gasteiger partial charge in [0.05, 0.1) is 11.8 Å². The fourth-order valence-corrected chi connectivity index (χ4v) is 2.97. The number of hydrogen-bond acceptors (Lipinski definition) is 5. The first-order chi connectivity index (χ1) is 16.0. The summed E-state index contributed by atoms with van der Waals surface area (Å²) in [5.74, 6) is 0.297. The minimum Gasteiger partial charge on any atom is -0.484 e. The maximum Gasteiger partial charge on any atom is 0.343 e. The molecule has 33 heavy (non-hydrogen) atoms. The van der Waals surface area contributed by atoms with E-state index < -0.39 is 5.97 Å². The molecular formula is C27H28N2O4. The van der Waals surface area contributed by atoms with Gasteiger partial charge in [0.1, 0.15) is 11.5 Å². The molecule has 0 aliphatic carbocycles. The summed E-state index contributed by atoms with van der Waals surface area (Å²) >= 11 is 0. The molecule has 0 spiro atoms. The number of carbonyl (C=O) groups excluding carboxylic acids is 2. The summed E-state index contributed by atoms with van der Waals surface area (Å²) in [7, 11) is 0. The van der Waals surface area contributed by atoms with Gasteiger partial charge in [0.2, 0.25) is 0 Å². The first kappa shape index (κ1) is 23.7. The highest BCUT2D eigenvalue weighted by Gasteiger charge is 2.08. The standard InChI is InChI=1S/C27H28N2O4/c1-3-4-5-21-8-14-24(15-9-21)32-19-26(30)29-28-18-22-10-16-25(17-11-22)33-27(31)23-12-6-20(2)7-13-23/h6-18H,3-5,19H2,1-2H3,(H,29,30). The summed E-state index contributed by atoms with van der Waals surface area (Å²) in [6, 6.07) is 21.8. The highest BCUT2D eigenvalue weighted by atomic mass is 16.5. The number of hydrazone groups is 1. The number of amides is 1. The lowest BCUT2D eigenvalue weighted by Gasteiger charge is -2.06. The van der Waals surface area contributed by atoms with Crippen molar-refractivity contribution in [2.24, 2.45) is 5.10 Å². The Bertz CT molecular complexity index is 1070. The van der Waals surface area contributed by atoms with E-state index in [-0.39, 0.29) is 12.5 Å². The number of ether oxygens (including phenoxy) is 2. The molecule has 1 N–H and O–H groups in total. The van der Waals surface area contributed by atoms with Crippen LogP contribution in [0, 0.1) is 6.92 Å². The van der Waals surface area contributed by atoms with Crippen LogP contribution >= 0.6 is 0 Å². The highest BCUT2D eigenvalue weighted by molar-refractivity contribution is 5.91. The molecule has 170 valence electrons. The van der Waals surface area contributed by atoms with Crippen LogP contribution in [0.15, 0.2) is 77.9 Å². The molecule has 0 aromatic heterocycles. The number of nitrogens with one attached hydrogen (secondary N) is 1. The monoisotopic (exact) mass is 444 g/mol. The van der Waals surface area contributed by atoms with Crippen LogP contribution in [-0.2, 0) is 11.2 Å². The van der Waals surface area contributed by atoms with Crippen molar-refractivity contribution in [2.75, 3.05) is 6.61 Å². The lowest BCUT2D eigenvalue weighted by Crippen LogP contribution is -2.24. The molecule has 3 aromatic rings. The van der Waals surface area contributed by atoms with Gasteiger partial charge in [-0.25, -0.2) is 10.2 Å². The van der Waals surface area contributed by atoms with Crippen molar-refractivity contribution in [3.63, 3.8) is 0 Å². The van der Waals surface area contributed by atoms with Gasteiger partial charge >= 0.3 is 5.97 Å². The Hall–Kier alpha value is -3.93. The highest BCUT2D eigenvalue weighted by Crippen LogP contribution is 2.15. The minimum atomic E-state index is -0.417. The Morgan fingerprint density at radius 1 is 0.909 bits per heavy atom. The molecule has 0 radical (unpaired) electrons. The smallest absolute Gasteiger partial charge is 0.343 e. The van der Waals surface area contributed by atoms with Crippen LogP contribution < -0.4 is 14.9 Å². The first-order valence-corrected chi connectivity index (χ1v) is 11.0.